The van der Waals surface area contributed by atoms with E-state index in [1.807, 2.05) is 9.47 Å². The number of thiophene rings is 1. The number of nitrogens with zero attached hydrogens (tertiary/aromatic N) is 4. The zero-order valence-corrected chi connectivity index (χ0v) is 18.5. The van der Waals surface area contributed by atoms with Crippen LogP contribution in [0.1, 0.15) is 61.9 Å². The van der Waals surface area contributed by atoms with Crippen molar-refractivity contribution < 1.29 is 4.79 Å². The van der Waals surface area contributed by atoms with E-state index in [4.69, 9.17) is 0 Å². The van der Waals surface area contributed by atoms with Crippen LogP contribution in [0.25, 0.3) is 10.2 Å². The molecule has 0 aromatic carbocycles. The minimum Gasteiger partial charge on any atom is -0.342 e. The van der Waals surface area contributed by atoms with Crippen LogP contribution in [0.3, 0.4) is 0 Å². The molecule has 1 amide bonds. The van der Waals surface area contributed by atoms with E-state index in [1.165, 1.54) is 17.7 Å². The summed E-state index contributed by atoms with van der Waals surface area (Å²) in [5, 5.41) is 0.801. The monoisotopic (exact) mass is 416 g/mol. The molecule has 4 rings (SSSR count). The van der Waals surface area contributed by atoms with E-state index in [0.29, 0.717) is 6.54 Å². The minimum absolute atomic E-state index is 0.0851. The Kier molecular flexibility index (Phi) is 6.35. The van der Waals surface area contributed by atoms with Crippen molar-refractivity contribution in [2.75, 3.05) is 32.7 Å². The third-order valence-corrected chi connectivity index (χ3v) is 7.54. The molecule has 6 nitrogen and oxygen atoms in total. The summed E-state index contributed by atoms with van der Waals surface area (Å²) < 4.78 is 1.83. The van der Waals surface area contributed by atoms with Gasteiger partial charge in [-0.05, 0) is 51.1 Å². The molecule has 29 heavy (non-hydrogen) atoms. The van der Waals surface area contributed by atoms with Crippen molar-refractivity contribution in [2.24, 2.45) is 0 Å². The zero-order valence-electron chi connectivity index (χ0n) is 17.7. The van der Waals surface area contributed by atoms with Crippen LogP contribution in [0.15, 0.2) is 11.1 Å². The molecule has 2 aliphatic rings. The second kappa shape index (κ2) is 8.96. The van der Waals surface area contributed by atoms with Gasteiger partial charge in [0.25, 0.3) is 5.56 Å². The maximum Gasteiger partial charge on any atom is 0.262 e. The molecule has 2 aromatic heterocycles. The number of amides is 1. The first kappa shape index (κ1) is 20.5. The molecular weight excluding hydrogens is 384 g/mol. The van der Waals surface area contributed by atoms with E-state index in [9.17, 15) is 9.59 Å². The smallest absolute Gasteiger partial charge is 0.262 e. The molecule has 1 atom stereocenters. The first-order chi connectivity index (χ1) is 14.1. The number of carbonyl (C=O) groups is 1. The molecular formula is C22H32N4O2S. The van der Waals surface area contributed by atoms with Crippen molar-refractivity contribution in [1.29, 1.82) is 0 Å². The van der Waals surface area contributed by atoms with Gasteiger partial charge in [-0.1, -0.05) is 19.8 Å². The number of hydrogen-bond donors (Lipinski definition) is 0. The van der Waals surface area contributed by atoms with Gasteiger partial charge >= 0.3 is 0 Å². The normalized spacial score (nSPS) is 21.4. The van der Waals surface area contributed by atoms with Gasteiger partial charge in [0.15, 0.2) is 0 Å². The Morgan fingerprint density at radius 2 is 1.93 bits per heavy atom. The van der Waals surface area contributed by atoms with Crippen molar-refractivity contribution in [2.45, 2.75) is 64.8 Å². The predicted molar refractivity (Wildman–Crippen MR) is 118 cm³/mol. The van der Waals surface area contributed by atoms with Gasteiger partial charge < -0.3 is 4.90 Å². The largest absolute Gasteiger partial charge is 0.342 e. The summed E-state index contributed by atoms with van der Waals surface area (Å²) in [5.41, 5.74) is 1.22. The van der Waals surface area contributed by atoms with Gasteiger partial charge in [-0.15, -0.1) is 11.3 Å². The van der Waals surface area contributed by atoms with Crippen LogP contribution in [-0.4, -0.2) is 58.0 Å². The fourth-order valence-corrected chi connectivity index (χ4v) is 5.94. The average Bonchev–Trinajstić information content (AvgIpc) is 2.87. The summed E-state index contributed by atoms with van der Waals surface area (Å²) in [4.78, 5) is 37.0. The topological polar surface area (TPSA) is 58.4 Å². The standard InChI is InChI=1S/C22H32N4O2S/c1-3-18-16(2)29-21-20(18)22(28)26(15-23-21)17-9-8-10-24(13-17)14-19(27)25-11-6-4-5-7-12-25/h15,17H,3-14H2,1-2H3. The Balaban J connectivity index is 1.50. The summed E-state index contributed by atoms with van der Waals surface area (Å²) in [6.07, 6.45) is 9.26. The van der Waals surface area contributed by atoms with E-state index in [0.717, 1.165) is 74.1 Å². The molecule has 0 radical (unpaired) electrons. The number of aryl methyl sites for hydroxylation is 2. The lowest BCUT2D eigenvalue weighted by Crippen LogP contribution is -2.46. The maximum absolute atomic E-state index is 13.3. The van der Waals surface area contributed by atoms with Crippen molar-refractivity contribution in [3.63, 3.8) is 0 Å². The number of piperidine rings is 1. The highest BCUT2D eigenvalue weighted by atomic mass is 32.1. The Bertz CT molecular complexity index is 927. The minimum atomic E-state index is 0.0851. The van der Waals surface area contributed by atoms with Crippen LogP contribution in [0, 0.1) is 6.92 Å². The molecule has 2 aliphatic heterocycles. The van der Waals surface area contributed by atoms with Gasteiger partial charge in [0.1, 0.15) is 4.83 Å². The van der Waals surface area contributed by atoms with Crippen molar-refractivity contribution in [1.82, 2.24) is 19.4 Å². The molecule has 2 aromatic rings. The molecule has 2 fully saturated rings. The lowest BCUT2D eigenvalue weighted by Gasteiger charge is -2.34. The molecule has 0 bridgehead atoms. The predicted octanol–water partition coefficient (Wildman–Crippen LogP) is 3.37. The van der Waals surface area contributed by atoms with E-state index in [1.54, 1.807) is 17.7 Å². The SMILES string of the molecule is CCc1c(C)sc2ncn(C3CCCN(CC(=O)N4CCCCCC4)C3)c(=O)c12. The third-order valence-electron chi connectivity index (χ3n) is 6.48. The van der Waals surface area contributed by atoms with Crippen LogP contribution in [0.5, 0.6) is 0 Å². The fourth-order valence-electron chi connectivity index (χ4n) is 4.87. The van der Waals surface area contributed by atoms with E-state index in [-0.39, 0.29) is 17.5 Å². The summed E-state index contributed by atoms with van der Waals surface area (Å²) in [7, 11) is 0. The molecule has 158 valence electrons. The fraction of sp³-hybridized carbons (Fsp3) is 0.682. The second-order valence-electron chi connectivity index (χ2n) is 8.45. The van der Waals surface area contributed by atoms with Crippen molar-refractivity contribution >= 4 is 27.5 Å². The summed E-state index contributed by atoms with van der Waals surface area (Å²) in [5.74, 6) is 0.246. The maximum atomic E-state index is 13.3. The highest BCUT2D eigenvalue weighted by Gasteiger charge is 2.26. The van der Waals surface area contributed by atoms with Gasteiger partial charge in [0, 0.05) is 24.5 Å². The molecule has 4 heterocycles. The lowest BCUT2D eigenvalue weighted by atomic mass is 10.0. The number of fused-ring (bicyclic) bond motifs is 1. The van der Waals surface area contributed by atoms with Gasteiger partial charge in [0.05, 0.1) is 24.3 Å². The summed E-state index contributed by atoms with van der Waals surface area (Å²) in [6.45, 7) is 8.11. The lowest BCUT2D eigenvalue weighted by molar-refractivity contribution is -0.132. The number of aromatic nitrogens is 2. The first-order valence-corrected chi connectivity index (χ1v) is 11.9. The Labute approximate surface area is 176 Å². The van der Waals surface area contributed by atoms with E-state index in [2.05, 4.69) is 23.7 Å². The number of rotatable bonds is 4. The van der Waals surface area contributed by atoms with Crippen molar-refractivity contribution in [3.8, 4) is 0 Å². The first-order valence-electron chi connectivity index (χ1n) is 11.1. The molecule has 0 spiro atoms. The molecule has 1 unspecified atom stereocenters. The number of carbonyl (C=O) groups excluding carboxylic acids is 1. The zero-order chi connectivity index (χ0) is 20.4. The molecule has 0 aliphatic carbocycles. The molecule has 0 N–H and O–H groups in total. The highest BCUT2D eigenvalue weighted by Crippen LogP contribution is 2.28. The third kappa shape index (κ3) is 4.26. The average molecular weight is 417 g/mol. The van der Waals surface area contributed by atoms with E-state index >= 15 is 0 Å². The van der Waals surface area contributed by atoms with Gasteiger partial charge in [-0.2, -0.15) is 0 Å². The van der Waals surface area contributed by atoms with Crippen LogP contribution in [0.4, 0.5) is 0 Å². The highest BCUT2D eigenvalue weighted by molar-refractivity contribution is 7.18. The Hall–Kier alpha value is -1.73. The van der Waals surface area contributed by atoms with E-state index < -0.39 is 0 Å². The van der Waals surface area contributed by atoms with Crippen LogP contribution in [-0.2, 0) is 11.2 Å². The van der Waals surface area contributed by atoms with Gasteiger partial charge in [0.2, 0.25) is 5.91 Å². The molecule has 0 saturated carbocycles. The second-order valence-corrected chi connectivity index (χ2v) is 9.66. The Morgan fingerprint density at radius 3 is 2.66 bits per heavy atom. The quantitative estimate of drug-likeness (QED) is 0.767. The number of likely N-dealkylation sites (tertiary alicyclic amines) is 2. The van der Waals surface area contributed by atoms with Gasteiger partial charge in [-0.25, -0.2) is 4.98 Å². The number of hydrogen-bond acceptors (Lipinski definition) is 5. The Morgan fingerprint density at radius 1 is 1.17 bits per heavy atom. The molecule has 2 saturated heterocycles. The molecule has 7 heteroatoms. The van der Waals surface area contributed by atoms with Crippen molar-refractivity contribution in [3.05, 3.63) is 27.1 Å². The van der Waals surface area contributed by atoms with Crippen LogP contribution in [0.2, 0.25) is 0 Å². The summed E-state index contributed by atoms with van der Waals surface area (Å²) in [6, 6.07) is 0.0926. The van der Waals surface area contributed by atoms with Crippen LogP contribution >= 0.6 is 11.3 Å². The van der Waals surface area contributed by atoms with Gasteiger partial charge in [-0.3, -0.25) is 19.1 Å². The van der Waals surface area contributed by atoms with Crippen LogP contribution < -0.4 is 5.56 Å². The summed E-state index contributed by atoms with van der Waals surface area (Å²) >= 11 is 1.61.